The van der Waals surface area contributed by atoms with Crippen LogP contribution >= 0.6 is 23.1 Å². The number of thiazole rings is 1. The van der Waals surface area contributed by atoms with Gasteiger partial charge in [0.1, 0.15) is 23.2 Å². The lowest BCUT2D eigenvalue weighted by molar-refractivity contribution is 0.305. The van der Waals surface area contributed by atoms with Crippen LogP contribution in [0.2, 0.25) is 0 Å². The van der Waals surface area contributed by atoms with E-state index in [2.05, 4.69) is 43.8 Å². The van der Waals surface area contributed by atoms with Gasteiger partial charge in [-0.15, -0.1) is 28.1 Å². The third kappa shape index (κ3) is 5.37. The molecule has 0 radical (unpaired) electrons. The Morgan fingerprint density at radius 3 is 2.57 bits per heavy atom. The molecule has 7 heteroatoms. The number of aromatic nitrogens is 4. The standard InChI is InChI=1S/C23H22N4OS2/c1-2-13-27-21(14-18-9-5-3-6-10-18)25-26-23(27)30-17-19-16-29-22(24-19)15-28-20-11-7-4-8-12-20/h2-12,16H,1,13-15,17H2. The second kappa shape index (κ2) is 10.2. The average molecular weight is 435 g/mol. The molecule has 5 nitrogen and oxygen atoms in total. The molecule has 0 amide bonds. The number of thioether (sulfide) groups is 1. The molecule has 0 unspecified atom stereocenters. The fourth-order valence-corrected chi connectivity index (χ4v) is 4.60. The van der Waals surface area contributed by atoms with Gasteiger partial charge in [0.05, 0.1) is 5.69 Å². The summed E-state index contributed by atoms with van der Waals surface area (Å²) in [6, 6.07) is 20.1. The van der Waals surface area contributed by atoms with E-state index in [1.165, 1.54) is 5.56 Å². The molecule has 152 valence electrons. The van der Waals surface area contributed by atoms with E-state index < -0.39 is 0 Å². The van der Waals surface area contributed by atoms with Gasteiger partial charge in [0.2, 0.25) is 0 Å². The van der Waals surface area contributed by atoms with Crippen LogP contribution in [0.5, 0.6) is 5.75 Å². The number of rotatable bonds is 10. The first-order chi connectivity index (χ1) is 14.8. The van der Waals surface area contributed by atoms with Gasteiger partial charge in [0.15, 0.2) is 5.16 Å². The highest BCUT2D eigenvalue weighted by Gasteiger charge is 2.13. The molecular formula is C23H22N4OS2. The Bertz CT molecular complexity index is 1080. The minimum atomic E-state index is 0.479. The summed E-state index contributed by atoms with van der Waals surface area (Å²) in [6.07, 6.45) is 2.63. The van der Waals surface area contributed by atoms with E-state index in [0.29, 0.717) is 13.2 Å². The number of ether oxygens (including phenoxy) is 1. The van der Waals surface area contributed by atoms with Crippen molar-refractivity contribution in [2.24, 2.45) is 0 Å². The SMILES string of the molecule is C=CCn1c(Cc2ccccc2)nnc1SCc1csc(COc2ccccc2)n1. The van der Waals surface area contributed by atoms with E-state index >= 15 is 0 Å². The smallest absolute Gasteiger partial charge is 0.191 e. The summed E-state index contributed by atoms with van der Waals surface area (Å²) in [6.45, 7) is 5.05. The maximum absolute atomic E-state index is 5.78. The van der Waals surface area contributed by atoms with Crippen LogP contribution in [-0.2, 0) is 25.3 Å². The maximum atomic E-state index is 5.78. The molecule has 2 aromatic heterocycles. The predicted octanol–water partition coefficient (Wildman–Crippen LogP) is 5.38. The van der Waals surface area contributed by atoms with Gasteiger partial charge in [-0.3, -0.25) is 0 Å². The zero-order valence-corrected chi connectivity index (χ0v) is 18.1. The first kappa shape index (κ1) is 20.4. The van der Waals surface area contributed by atoms with Crippen molar-refractivity contribution in [2.75, 3.05) is 0 Å². The quantitative estimate of drug-likeness (QED) is 0.248. The number of benzene rings is 2. The van der Waals surface area contributed by atoms with E-state index in [4.69, 9.17) is 4.74 Å². The van der Waals surface area contributed by atoms with Gasteiger partial charge in [-0.2, -0.15) is 0 Å². The highest BCUT2D eigenvalue weighted by atomic mass is 32.2. The van der Waals surface area contributed by atoms with E-state index in [-0.39, 0.29) is 0 Å². The highest BCUT2D eigenvalue weighted by Crippen LogP contribution is 2.24. The Morgan fingerprint density at radius 1 is 1.03 bits per heavy atom. The maximum Gasteiger partial charge on any atom is 0.191 e. The molecule has 0 aliphatic carbocycles. The molecule has 0 spiro atoms. The van der Waals surface area contributed by atoms with Crippen LogP contribution in [0.3, 0.4) is 0 Å². The van der Waals surface area contributed by atoms with E-state index in [0.717, 1.165) is 39.6 Å². The minimum absolute atomic E-state index is 0.479. The Balaban J connectivity index is 1.37. The van der Waals surface area contributed by atoms with Crippen LogP contribution in [0.1, 0.15) is 22.1 Å². The Labute approximate surface area is 184 Å². The number of hydrogen-bond acceptors (Lipinski definition) is 6. The van der Waals surface area contributed by atoms with Crippen LogP contribution in [0.4, 0.5) is 0 Å². The fraction of sp³-hybridized carbons (Fsp3) is 0.174. The third-order valence-corrected chi connectivity index (χ3v) is 6.24. The summed E-state index contributed by atoms with van der Waals surface area (Å²) >= 11 is 3.26. The van der Waals surface area contributed by atoms with Gasteiger partial charge >= 0.3 is 0 Å². The van der Waals surface area contributed by atoms with Crippen molar-refractivity contribution in [1.29, 1.82) is 0 Å². The van der Waals surface area contributed by atoms with Crippen molar-refractivity contribution < 1.29 is 4.74 Å². The average Bonchev–Trinajstić information content (AvgIpc) is 3.40. The lowest BCUT2D eigenvalue weighted by Gasteiger charge is -2.07. The largest absolute Gasteiger partial charge is 0.486 e. The highest BCUT2D eigenvalue weighted by molar-refractivity contribution is 7.98. The molecule has 2 aromatic carbocycles. The van der Waals surface area contributed by atoms with E-state index in [9.17, 15) is 0 Å². The molecule has 4 aromatic rings. The molecule has 0 aliphatic rings. The number of para-hydroxylation sites is 1. The molecule has 2 heterocycles. The van der Waals surface area contributed by atoms with Crippen LogP contribution in [0, 0.1) is 0 Å². The summed E-state index contributed by atoms with van der Waals surface area (Å²) in [7, 11) is 0. The number of hydrogen-bond donors (Lipinski definition) is 0. The van der Waals surface area contributed by atoms with Crippen LogP contribution in [0.25, 0.3) is 0 Å². The monoisotopic (exact) mass is 434 g/mol. The summed E-state index contributed by atoms with van der Waals surface area (Å²) in [5.41, 5.74) is 2.24. The van der Waals surface area contributed by atoms with Crippen molar-refractivity contribution in [3.63, 3.8) is 0 Å². The van der Waals surface area contributed by atoms with Gasteiger partial charge in [0.25, 0.3) is 0 Å². The molecule has 0 aliphatic heterocycles. The zero-order chi connectivity index (χ0) is 20.6. The minimum Gasteiger partial charge on any atom is -0.486 e. The van der Waals surface area contributed by atoms with Crippen molar-refractivity contribution >= 4 is 23.1 Å². The van der Waals surface area contributed by atoms with E-state index in [1.807, 2.05) is 54.6 Å². The van der Waals surface area contributed by atoms with Crippen molar-refractivity contribution in [3.05, 3.63) is 101 Å². The lowest BCUT2D eigenvalue weighted by Crippen LogP contribution is -2.04. The predicted molar refractivity (Wildman–Crippen MR) is 122 cm³/mol. The topological polar surface area (TPSA) is 52.8 Å². The van der Waals surface area contributed by atoms with Crippen molar-refractivity contribution in [2.45, 2.75) is 30.5 Å². The molecule has 4 rings (SSSR count). The summed E-state index contributed by atoms with van der Waals surface area (Å²) in [5.74, 6) is 2.54. The van der Waals surface area contributed by atoms with Crippen molar-refractivity contribution in [3.8, 4) is 5.75 Å². The molecular weight excluding hydrogens is 412 g/mol. The van der Waals surface area contributed by atoms with Crippen LogP contribution < -0.4 is 4.74 Å². The van der Waals surface area contributed by atoms with Gasteiger partial charge in [-0.25, -0.2) is 4.98 Å². The van der Waals surface area contributed by atoms with Gasteiger partial charge in [-0.1, -0.05) is 66.4 Å². The molecule has 0 N–H and O–H groups in total. The molecule has 0 fully saturated rings. The first-order valence-electron chi connectivity index (χ1n) is 9.62. The van der Waals surface area contributed by atoms with Crippen LogP contribution in [-0.4, -0.2) is 19.7 Å². The molecule has 0 atom stereocenters. The van der Waals surface area contributed by atoms with Crippen molar-refractivity contribution in [1.82, 2.24) is 19.7 Å². The van der Waals surface area contributed by atoms with Gasteiger partial charge < -0.3 is 9.30 Å². The number of nitrogens with zero attached hydrogens (tertiary/aromatic N) is 4. The Hall–Kier alpha value is -2.90. The normalized spacial score (nSPS) is 10.8. The third-order valence-electron chi connectivity index (χ3n) is 4.36. The van der Waals surface area contributed by atoms with Gasteiger partial charge in [-0.05, 0) is 17.7 Å². The van der Waals surface area contributed by atoms with Crippen LogP contribution in [0.15, 0.2) is 83.9 Å². The molecule has 30 heavy (non-hydrogen) atoms. The fourth-order valence-electron chi connectivity index (χ4n) is 2.93. The zero-order valence-electron chi connectivity index (χ0n) is 16.5. The Morgan fingerprint density at radius 2 is 1.80 bits per heavy atom. The summed E-state index contributed by atoms with van der Waals surface area (Å²) in [5, 5.41) is 12.8. The van der Waals surface area contributed by atoms with E-state index in [1.54, 1.807) is 23.1 Å². The second-order valence-electron chi connectivity index (χ2n) is 6.58. The first-order valence-corrected chi connectivity index (χ1v) is 11.5. The summed E-state index contributed by atoms with van der Waals surface area (Å²) < 4.78 is 7.90. The second-order valence-corrected chi connectivity index (χ2v) is 8.47. The summed E-state index contributed by atoms with van der Waals surface area (Å²) in [4.78, 5) is 4.69. The van der Waals surface area contributed by atoms with Gasteiger partial charge in [0, 0.05) is 24.1 Å². The molecule has 0 saturated heterocycles. The number of allylic oxidation sites excluding steroid dienone is 1. The molecule has 0 saturated carbocycles. The molecule has 0 bridgehead atoms. The lowest BCUT2D eigenvalue weighted by atomic mass is 10.1. The Kier molecular flexibility index (Phi) is 6.95.